The van der Waals surface area contributed by atoms with E-state index in [1.165, 1.54) is 6.20 Å². The minimum Gasteiger partial charge on any atom is -0.291 e. The van der Waals surface area contributed by atoms with Crippen LogP contribution in [0.3, 0.4) is 0 Å². The molecule has 0 saturated carbocycles. The summed E-state index contributed by atoms with van der Waals surface area (Å²) in [6.45, 7) is 0. The van der Waals surface area contributed by atoms with Gasteiger partial charge in [-0.3, -0.25) is 14.2 Å². The van der Waals surface area contributed by atoms with Crippen LogP contribution in [0.5, 0.6) is 0 Å². The minimum atomic E-state index is -1.000. The average Bonchev–Trinajstić information content (AvgIpc) is 2.91. The number of hydrogen-bond donors (Lipinski definition) is 0. The molecule has 0 fully saturated rings. The van der Waals surface area contributed by atoms with E-state index in [1.807, 2.05) is 6.07 Å². The average molecular weight is 342 g/mol. The quantitative estimate of drug-likeness (QED) is 0.683. The van der Waals surface area contributed by atoms with Gasteiger partial charge in [0.05, 0.1) is 18.0 Å². The number of ketones is 1. The Morgan fingerprint density at radius 1 is 1.29 bits per heavy atom. The summed E-state index contributed by atoms with van der Waals surface area (Å²) >= 11 is 3.33. The fourth-order valence-electron chi connectivity index (χ4n) is 2.01. The van der Waals surface area contributed by atoms with Crippen molar-refractivity contribution >= 4 is 27.4 Å². The number of imidazole rings is 1. The van der Waals surface area contributed by atoms with E-state index in [-0.39, 0.29) is 5.69 Å². The molecule has 0 aromatic carbocycles. The molecule has 3 aromatic heterocycles. The highest BCUT2D eigenvalue weighted by atomic mass is 79.9. The van der Waals surface area contributed by atoms with Crippen LogP contribution in [0.1, 0.15) is 22.1 Å². The van der Waals surface area contributed by atoms with Crippen LogP contribution in [0.15, 0.2) is 47.6 Å². The summed E-state index contributed by atoms with van der Waals surface area (Å²) in [6.07, 6.45) is 6.31. The number of hydrogen-bond acceptors (Lipinski definition) is 5. The Balaban J connectivity index is 2.10. The van der Waals surface area contributed by atoms with E-state index in [2.05, 4.69) is 30.9 Å². The molecule has 0 aliphatic rings. The number of fused-ring (bicyclic) bond motifs is 1. The Labute approximate surface area is 128 Å². The van der Waals surface area contributed by atoms with Crippen molar-refractivity contribution in [1.29, 1.82) is 5.26 Å². The molecular weight excluding hydrogens is 334 g/mol. The van der Waals surface area contributed by atoms with Gasteiger partial charge in [-0.2, -0.15) is 5.26 Å². The Kier molecular flexibility index (Phi) is 3.46. The maximum absolute atomic E-state index is 12.6. The second kappa shape index (κ2) is 5.42. The monoisotopic (exact) mass is 341 g/mol. The van der Waals surface area contributed by atoms with E-state index >= 15 is 0 Å². The van der Waals surface area contributed by atoms with Crippen molar-refractivity contribution in [3.63, 3.8) is 0 Å². The molecule has 6 nitrogen and oxygen atoms in total. The van der Waals surface area contributed by atoms with E-state index in [9.17, 15) is 10.1 Å². The topological polar surface area (TPSA) is 83.9 Å². The largest absolute Gasteiger partial charge is 0.291 e. The first-order chi connectivity index (χ1) is 10.2. The number of rotatable bonds is 3. The molecule has 1 atom stereocenters. The summed E-state index contributed by atoms with van der Waals surface area (Å²) in [4.78, 5) is 24.9. The van der Waals surface area contributed by atoms with Gasteiger partial charge >= 0.3 is 0 Å². The normalized spacial score (nSPS) is 12.0. The van der Waals surface area contributed by atoms with Crippen LogP contribution in [0.25, 0.3) is 5.65 Å². The first-order valence-electron chi connectivity index (χ1n) is 6.04. The van der Waals surface area contributed by atoms with Crippen LogP contribution >= 0.6 is 15.9 Å². The smallest absolute Gasteiger partial charge is 0.208 e. The molecule has 0 bridgehead atoms. The Morgan fingerprint density at radius 3 is 2.86 bits per heavy atom. The van der Waals surface area contributed by atoms with E-state index in [0.29, 0.717) is 15.9 Å². The summed E-state index contributed by atoms with van der Waals surface area (Å²) in [7, 11) is 0. The van der Waals surface area contributed by atoms with E-state index in [1.54, 1.807) is 41.2 Å². The molecule has 3 aromatic rings. The van der Waals surface area contributed by atoms with Crippen LogP contribution in [0.2, 0.25) is 0 Å². The summed E-state index contributed by atoms with van der Waals surface area (Å²) in [6, 6.07) is 7.10. The molecule has 0 amide bonds. The zero-order chi connectivity index (χ0) is 14.8. The molecular formula is C14H8BrN5O. The number of Topliss-reactive ketones (excluding diaryl/α,β-unsaturated/α-hetero) is 1. The lowest BCUT2D eigenvalue weighted by atomic mass is 9.99. The lowest BCUT2D eigenvalue weighted by Crippen LogP contribution is -2.15. The summed E-state index contributed by atoms with van der Waals surface area (Å²) < 4.78 is 2.40. The zero-order valence-corrected chi connectivity index (χ0v) is 12.2. The molecule has 21 heavy (non-hydrogen) atoms. The minimum absolute atomic E-state index is 0.153. The highest BCUT2D eigenvalue weighted by Gasteiger charge is 2.26. The predicted molar refractivity (Wildman–Crippen MR) is 77.6 cm³/mol. The molecule has 3 heterocycles. The van der Waals surface area contributed by atoms with Gasteiger partial charge in [-0.05, 0) is 28.1 Å². The molecule has 0 spiro atoms. The van der Waals surface area contributed by atoms with Crippen LogP contribution in [0.4, 0.5) is 0 Å². The Bertz CT molecular complexity index is 853. The molecule has 0 aliphatic heterocycles. The SMILES string of the molecule is N#C[C@H](C(=O)c1nccn2c(Br)cnc12)c1ccccn1. The van der Waals surface area contributed by atoms with Gasteiger partial charge in [0.15, 0.2) is 17.3 Å². The maximum Gasteiger partial charge on any atom is 0.208 e. The number of pyridine rings is 1. The highest BCUT2D eigenvalue weighted by molar-refractivity contribution is 9.10. The molecule has 0 saturated heterocycles. The van der Waals surface area contributed by atoms with Gasteiger partial charge in [0.25, 0.3) is 0 Å². The van der Waals surface area contributed by atoms with Gasteiger partial charge in [-0.15, -0.1) is 0 Å². The summed E-state index contributed by atoms with van der Waals surface area (Å²) in [5, 5.41) is 9.31. The number of carbonyl (C=O) groups is 1. The van der Waals surface area contributed by atoms with Gasteiger partial charge in [-0.1, -0.05) is 6.07 Å². The van der Waals surface area contributed by atoms with E-state index < -0.39 is 11.7 Å². The first-order valence-corrected chi connectivity index (χ1v) is 6.84. The number of aromatic nitrogens is 4. The second-order valence-corrected chi connectivity index (χ2v) is 5.04. The predicted octanol–water partition coefficient (Wildman–Crippen LogP) is 2.38. The van der Waals surface area contributed by atoms with Gasteiger partial charge < -0.3 is 0 Å². The fourth-order valence-corrected chi connectivity index (χ4v) is 2.39. The van der Waals surface area contributed by atoms with Crippen LogP contribution in [0, 0.1) is 11.3 Å². The molecule has 0 unspecified atom stereocenters. The molecule has 0 N–H and O–H groups in total. The Morgan fingerprint density at radius 2 is 2.14 bits per heavy atom. The highest BCUT2D eigenvalue weighted by Crippen LogP contribution is 2.21. The third kappa shape index (κ3) is 2.30. The first kappa shape index (κ1) is 13.4. The third-order valence-corrected chi connectivity index (χ3v) is 3.58. The van der Waals surface area contributed by atoms with Gasteiger partial charge in [0.2, 0.25) is 5.78 Å². The molecule has 0 radical (unpaired) electrons. The Hall–Kier alpha value is -2.59. The van der Waals surface area contributed by atoms with Crippen molar-refractivity contribution in [1.82, 2.24) is 19.4 Å². The second-order valence-electron chi connectivity index (χ2n) is 4.23. The molecule has 102 valence electrons. The number of nitriles is 1. The van der Waals surface area contributed by atoms with Crippen molar-refractivity contribution in [3.05, 3.63) is 59.0 Å². The lowest BCUT2D eigenvalue weighted by molar-refractivity contribution is 0.0974. The standard InChI is InChI=1S/C14H8BrN5O/c15-11-8-19-14-12(18-5-6-20(11)14)13(21)9(7-16)10-3-1-2-4-17-10/h1-6,8-9H/t9-/m0/s1. The van der Waals surface area contributed by atoms with Crippen molar-refractivity contribution in [2.24, 2.45) is 0 Å². The van der Waals surface area contributed by atoms with Crippen molar-refractivity contribution < 1.29 is 4.79 Å². The number of halogens is 1. The van der Waals surface area contributed by atoms with E-state index in [4.69, 9.17) is 0 Å². The zero-order valence-electron chi connectivity index (χ0n) is 10.6. The molecule has 0 aliphatic carbocycles. The number of nitrogens with zero attached hydrogens (tertiary/aromatic N) is 5. The van der Waals surface area contributed by atoms with Gasteiger partial charge in [0, 0.05) is 18.6 Å². The summed E-state index contributed by atoms with van der Waals surface area (Å²) in [5.41, 5.74) is 0.963. The fraction of sp³-hybridized carbons (Fsp3) is 0.0714. The van der Waals surface area contributed by atoms with Crippen LogP contribution < -0.4 is 0 Å². The van der Waals surface area contributed by atoms with Gasteiger partial charge in [0.1, 0.15) is 4.60 Å². The van der Waals surface area contributed by atoms with Crippen molar-refractivity contribution in [3.8, 4) is 6.07 Å². The lowest BCUT2D eigenvalue weighted by Gasteiger charge is -2.07. The van der Waals surface area contributed by atoms with E-state index in [0.717, 1.165) is 0 Å². The maximum atomic E-state index is 12.6. The molecule has 7 heteroatoms. The van der Waals surface area contributed by atoms with Crippen LogP contribution in [-0.2, 0) is 0 Å². The molecule has 3 rings (SSSR count). The van der Waals surface area contributed by atoms with Gasteiger partial charge in [-0.25, -0.2) is 9.97 Å². The number of carbonyl (C=O) groups excluding carboxylic acids is 1. The van der Waals surface area contributed by atoms with Crippen molar-refractivity contribution in [2.45, 2.75) is 5.92 Å². The third-order valence-electron chi connectivity index (χ3n) is 2.99. The summed E-state index contributed by atoms with van der Waals surface area (Å²) in [5.74, 6) is -1.42. The van der Waals surface area contributed by atoms with Crippen LogP contribution in [-0.4, -0.2) is 25.1 Å². The van der Waals surface area contributed by atoms with Crippen molar-refractivity contribution in [2.75, 3.05) is 0 Å².